The second-order valence-electron chi connectivity index (χ2n) is 5.88. The van der Waals surface area contributed by atoms with Gasteiger partial charge in [0.05, 0.1) is 0 Å². The molecule has 1 aromatic rings. The zero-order valence-electron chi connectivity index (χ0n) is 12.5. The van der Waals surface area contributed by atoms with Gasteiger partial charge in [-0.2, -0.15) is 0 Å². The summed E-state index contributed by atoms with van der Waals surface area (Å²) in [7, 11) is 2.14. The van der Waals surface area contributed by atoms with Crippen LogP contribution in [-0.4, -0.2) is 30.9 Å². The van der Waals surface area contributed by atoms with E-state index in [4.69, 9.17) is 5.73 Å². The first-order valence-electron chi connectivity index (χ1n) is 7.39. The summed E-state index contributed by atoms with van der Waals surface area (Å²) >= 11 is 0. The maximum Gasteiger partial charge on any atom is 0.224 e. The second kappa shape index (κ2) is 6.75. The minimum Gasteiger partial charge on any atom is -0.398 e. The third-order valence-corrected chi connectivity index (χ3v) is 3.86. The van der Waals surface area contributed by atoms with Gasteiger partial charge in [-0.15, -0.1) is 0 Å². The summed E-state index contributed by atoms with van der Waals surface area (Å²) in [5.41, 5.74) is 8.30. The van der Waals surface area contributed by atoms with Gasteiger partial charge in [-0.05, 0) is 63.4 Å². The number of rotatable bonds is 7. The van der Waals surface area contributed by atoms with Crippen molar-refractivity contribution in [2.45, 2.75) is 32.6 Å². The Hall–Kier alpha value is -1.55. The van der Waals surface area contributed by atoms with Crippen molar-refractivity contribution in [3.8, 4) is 0 Å². The molecule has 3 N–H and O–H groups in total. The lowest BCUT2D eigenvalue weighted by molar-refractivity contribution is -0.116. The van der Waals surface area contributed by atoms with Crippen molar-refractivity contribution in [2.75, 3.05) is 31.2 Å². The van der Waals surface area contributed by atoms with Gasteiger partial charge in [0.25, 0.3) is 0 Å². The Morgan fingerprint density at radius 2 is 2.20 bits per heavy atom. The van der Waals surface area contributed by atoms with E-state index < -0.39 is 0 Å². The van der Waals surface area contributed by atoms with Crippen molar-refractivity contribution in [3.63, 3.8) is 0 Å². The molecule has 110 valence electrons. The number of carbonyl (C=O) groups is 1. The molecule has 1 fully saturated rings. The van der Waals surface area contributed by atoms with Gasteiger partial charge in [0.1, 0.15) is 0 Å². The van der Waals surface area contributed by atoms with Crippen molar-refractivity contribution in [2.24, 2.45) is 5.92 Å². The van der Waals surface area contributed by atoms with Gasteiger partial charge in [-0.25, -0.2) is 0 Å². The highest BCUT2D eigenvalue weighted by Crippen LogP contribution is 2.29. The fraction of sp³-hybridized carbons (Fsp3) is 0.562. The summed E-state index contributed by atoms with van der Waals surface area (Å²) < 4.78 is 0. The fourth-order valence-corrected chi connectivity index (χ4v) is 2.34. The summed E-state index contributed by atoms with van der Waals surface area (Å²) in [6.07, 6.45) is 4.21. The van der Waals surface area contributed by atoms with E-state index in [0.717, 1.165) is 30.1 Å². The number of anilines is 2. The van der Waals surface area contributed by atoms with Crippen LogP contribution in [0.15, 0.2) is 18.2 Å². The summed E-state index contributed by atoms with van der Waals surface area (Å²) in [6, 6.07) is 5.60. The van der Waals surface area contributed by atoms with Crippen molar-refractivity contribution in [1.82, 2.24) is 4.90 Å². The molecule has 1 aliphatic carbocycles. The molecule has 1 amide bonds. The first kappa shape index (κ1) is 14.9. The van der Waals surface area contributed by atoms with E-state index in [-0.39, 0.29) is 5.91 Å². The zero-order chi connectivity index (χ0) is 14.5. The minimum absolute atomic E-state index is 0.0681. The van der Waals surface area contributed by atoms with Crippen molar-refractivity contribution in [3.05, 3.63) is 23.8 Å². The van der Waals surface area contributed by atoms with Crippen LogP contribution in [-0.2, 0) is 4.79 Å². The molecule has 0 heterocycles. The number of nitrogen functional groups attached to an aromatic ring is 1. The second-order valence-corrected chi connectivity index (χ2v) is 5.88. The molecular formula is C16H25N3O. The van der Waals surface area contributed by atoms with E-state index >= 15 is 0 Å². The molecule has 2 rings (SSSR count). The van der Waals surface area contributed by atoms with Crippen LogP contribution in [0.2, 0.25) is 0 Å². The molecule has 4 nitrogen and oxygen atoms in total. The number of nitrogens with two attached hydrogens (primary N) is 1. The lowest BCUT2D eigenvalue weighted by Gasteiger charge is -2.16. The van der Waals surface area contributed by atoms with Crippen molar-refractivity contribution in [1.29, 1.82) is 0 Å². The van der Waals surface area contributed by atoms with Crippen LogP contribution in [0.1, 0.15) is 31.2 Å². The first-order valence-corrected chi connectivity index (χ1v) is 7.39. The topological polar surface area (TPSA) is 58.4 Å². The quantitative estimate of drug-likeness (QED) is 0.752. The molecule has 0 spiro atoms. The highest BCUT2D eigenvalue weighted by Gasteiger charge is 2.22. The third-order valence-electron chi connectivity index (χ3n) is 3.86. The maximum atomic E-state index is 11.9. The summed E-state index contributed by atoms with van der Waals surface area (Å²) in [6.45, 7) is 4.09. The fourth-order valence-electron chi connectivity index (χ4n) is 2.34. The molecule has 0 bridgehead atoms. The highest BCUT2D eigenvalue weighted by atomic mass is 16.1. The Kier molecular flexibility index (Phi) is 5.01. The van der Waals surface area contributed by atoms with E-state index in [0.29, 0.717) is 12.1 Å². The molecule has 1 saturated carbocycles. The lowest BCUT2D eigenvalue weighted by atomic mass is 10.1. The van der Waals surface area contributed by atoms with Gasteiger partial charge in [-0.3, -0.25) is 4.79 Å². The predicted octanol–water partition coefficient (Wildman–Crippen LogP) is 2.64. The maximum absolute atomic E-state index is 11.9. The van der Waals surface area contributed by atoms with E-state index in [9.17, 15) is 4.79 Å². The average molecular weight is 275 g/mol. The molecule has 0 radical (unpaired) electrons. The number of amides is 1. The SMILES string of the molecule is Cc1c(N)cccc1NC(=O)CCCN(C)CC1CC1. The molecule has 0 atom stereocenters. The first-order chi connectivity index (χ1) is 9.56. The number of nitrogens with one attached hydrogen (secondary N) is 1. The molecule has 0 unspecified atom stereocenters. The summed E-state index contributed by atoms with van der Waals surface area (Å²) in [4.78, 5) is 14.3. The molecule has 1 aromatic carbocycles. The Morgan fingerprint density at radius 1 is 1.45 bits per heavy atom. The van der Waals surface area contributed by atoms with E-state index in [2.05, 4.69) is 17.3 Å². The zero-order valence-corrected chi connectivity index (χ0v) is 12.5. The Morgan fingerprint density at radius 3 is 2.90 bits per heavy atom. The normalized spacial score (nSPS) is 14.6. The average Bonchev–Trinajstić information content (AvgIpc) is 3.19. The molecule has 20 heavy (non-hydrogen) atoms. The van der Waals surface area contributed by atoms with Crippen LogP contribution in [0, 0.1) is 12.8 Å². The van der Waals surface area contributed by atoms with Crippen LogP contribution in [0.25, 0.3) is 0 Å². The van der Waals surface area contributed by atoms with Gasteiger partial charge in [0, 0.05) is 24.3 Å². The predicted molar refractivity (Wildman–Crippen MR) is 83.7 cm³/mol. The summed E-state index contributed by atoms with van der Waals surface area (Å²) in [5, 5.41) is 2.94. The molecule has 0 aliphatic heterocycles. The Bertz CT molecular complexity index is 469. The number of hydrogen-bond donors (Lipinski definition) is 2. The van der Waals surface area contributed by atoms with Gasteiger partial charge in [0.15, 0.2) is 0 Å². The monoisotopic (exact) mass is 275 g/mol. The van der Waals surface area contributed by atoms with Crippen LogP contribution < -0.4 is 11.1 Å². The van der Waals surface area contributed by atoms with Crippen LogP contribution in [0.4, 0.5) is 11.4 Å². The van der Waals surface area contributed by atoms with Crippen molar-refractivity contribution < 1.29 is 4.79 Å². The van der Waals surface area contributed by atoms with E-state index in [1.54, 1.807) is 0 Å². The largest absolute Gasteiger partial charge is 0.398 e. The lowest BCUT2D eigenvalue weighted by Crippen LogP contribution is -2.23. The number of nitrogens with zero attached hydrogens (tertiary/aromatic N) is 1. The molecule has 4 heteroatoms. The smallest absolute Gasteiger partial charge is 0.224 e. The number of benzene rings is 1. The highest BCUT2D eigenvalue weighted by molar-refractivity contribution is 5.92. The number of hydrogen-bond acceptors (Lipinski definition) is 3. The van der Waals surface area contributed by atoms with Crippen molar-refractivity contribution >= 4 is 17.3 Å². The van der Waals surface area contributed by atoms with Gasteiger partial charge < -0.3 is 16.0 Å². The van der Waals surface area contributed by atoms with Crippen LogP contribution in [0.3, 0.4) is 0 Å². The van der Waals surface area contributed by atoms with E-state index in [1.807, 2.05) is 25.1 Å². The van der Waals surface area contributed by atoms with Crippen LogP contribution >= 0.6 is 0 Å². The molecule has 0 aromatic heterocycles. The number of carbonyl (C=O) groups excluding carboxylic acids is 1. The Balaban J connectivity index is 1.70. The van der Waals surface area contributed by atoms with Gasteiger partial charge >= 0.3 is 0 Å². The molecular weight excluding hydrogens is 250 g/mol. The molecule has 0 saturated heterocycles. The van der Waals surface area contributed by atoms with Gasteiger partial charge in [0.2, 0.25) is 5.91 Å². The third kappa shape index (κ3) is 4.53. The van der Waals surface area contributed by atoms with E-state index in [1.165, 1.54) is 19.4 Å². The standard InChI is InChI=1S/C16H25N3O/c1-12-14(17)5-3-6-15(12)18-16(20)7-4-10-19(2)11-13-8-9-13/h3,5-6,13H,4,7-11,17H2,1-2H3,(H,18,20). The van der Waals surface area contributed by atoms with Gasteiger partial charge in [-0.1, -0.05) is 6.07 Å². The Labute approximate surface area is 121 Å². The van der Waals surface area contributed by atoms with Crippen LogP contribution in [0.5, 0.6) is 0 Å². The molecule has 1 aliphatic rings. The summed E-state index contributed by atoms with van der Waals surface area (Å²) in [5.74, 6) is 0.974. The minimum atomic E-state index is 0.0681.